The van der Waals surface area contributed by atoms with Crippen LogP contribution < -0.4 is 0 Å². The molecule has 79 heavy (non-hydrogen) atoms. The van der Waals surface area contributed by atoms with Gasteiger partial charge in [0.15, 0.2) is 25.2 Å². The Labute approximate surface area is 465 Å². The number of hydrogen-bond acceptors (Lipinski definition) is 21. The maximum absolute atomic E-state index is 13.7. The normalized spacial score (nSPS) is 48.0. The second kappa shape index (κ2) is 25.4. The number of aliphatic hydroxyl groups excluding tert-OH is 5. The average Bonchev–Trinajstić information content (AvgIpc) is 3.60. The van der Waals surface area contributed by atoms with Gasteiger partial charge >= 0.3 is 11.9 Å². The van der Waals surface area contributed by atoms with E-state index >= 15 is 0 Å². The van der Waals surface area contributed by atoms with Crippen molar-refractivity contribution in [3.05, 3.63) is 34.9 Å². The molecule has 0 aromatic heterocycles. The van der Waals surface area contributed by atoms with Crippen LogP contribution in [0.5, 0.6) is 0 Å². The zero-order valence-corrected chi connectivity index (χ0v) is 48.5. The molecule has 8 aliphatic rings. The first kappa shape index (κ1) is 62.5. The zero-order chi connectivity index (χ0) is 57.6. The molecule has 0 radical (unpaired) electrons. The summed E-state index contributed by atoms with van der Waals surface area (Å²) in [6.45, 7) is 18.1. The van der Waals surface area contributed by atoms with Gasteiger partial charge in [0.05, 0.1) is 48.8 Å². The van der Waals surface area contributed by atoms with Crippen LogP contribution in [0.1, 0.15) is 127 Å². The van der Waals surface area contributed by atoms with E-state index in [0.717, 1.165) is 12.8 Å². The van der Waals surface area contributed by atoms with E-state index in [2.05, 4.69) is 19.9 Å². The Hall–Kier alpha value is -2.52. The second-order valence-corrected chi connectivity index (χ2v) is 24.1. The lowest BCUT2D eigenvalue weighted by atomic mass is 9.44. The summed E-state index contributed by atoms with van der Waals surface area (Å²) in [5.41, 5.74) is -0.0544. The largest absolute Gasteiger partial charge is 0.459 e. The molecule has 0 spiro atoms. The second-order valence-electron chi connectivity index (χ2n) is 24.1. The standard InChI is InChI=1S/C58H92O21/c1-14-27(3)52(64)72-29(5)35-19-21-58(66)36-17-16-33-22-34(18-20-56(33,9)37(36)23-41(57(35,58)10)76-53(65)28(4)15-2)74-42-24-38(67-11)48(30(6)70-42)77-43-25-39(68-12)49(31(7)71-43)78-55-47(63)51(69-13)50(32(8)73-55)79-54-46(62)45(61)44(60)40(26-59)75-54/h14-16,29-32,34-51,54-55,59-63,66H,17-26H2,1-13H3/b27-14+,28-15+/t29-,30-,31-,32-,34+,35-,36-,37+,38+,39-,40-,41-,42+,43+,44-,45+,46-,47-,48-,49-,50-,51+,54+,55+,56+,57+,58+/m1/s1. The molecule has 450 valence electrons. The quantitative estimate of drug-likeness (QED) is 0.0686. The predicted molar refractivity (Wildman–Crippen MR) is 280 cm³/mol. The number of aliphatic hydroxyl groups is 6. The lowest BCUT2D eigenvalue weighted by molar-refractivity contribution is -0.373. The van der Waals surface area contributed by atoms with Crippen molar-refractivity contribution in [2.24, 2.45) is 28.6 Å². The number of methoxy groups -OCH3 is 3. The fraction of sp³-hybridized carbons (Fsp3) is 0.862. The fourth-order valence-electron chi connectivity index (χ4n) is 14.9. The van der Waals surface area contributed by atoms with E-state index < -0.39 is 146 Å². The zero-order valence-electron chi connectivity index (χ0n) is 48.5. The molecule has 0 unspecified atom stereocenters. The van der Waals surface area contributed by atoms with Crippen LogP contribution in [0.4, 0.5) is 0 Å². The predicted octanol–water partition coefficient (Wildman–Crippen LogP) is 3.83. The fourth-order valence-corrected chi connectivity index (χ4v) is 14.9. The van der Waals surface area contributed by atoms with Crippen molar-refractivity contribution in [2.75, 3.05) is 27.9 Å². The topological polar surface area (TPSA) is 276 Å². The van der Waals surface area contributed by atoms with Crippen LogP contribution in [-0.4, -0.2) is 205 Å². The molecule has 4 aliphatic heterocycles. The molecule has 21 nitrogen and oxygen atoms in total. The highest BCUT2D eigenvalue weighted by Crippen LogP contribution is 2.69. The van der Waals surface area contributed by atoms with E-state index in [-0.39, 0.29) is 41.7 Å². The van der Waals surface area contributed by atoms with Crippen LogP contribution >= 0.6 is 0 Å². The van der Waals surface area contributed by atoms with E-state index in [1.807, 2.05) is 27.7 Å². The van der Waals surface area contributed by atoms with Crippen molar-refractivity contribution in [3.8, 4) is 0 Å². The number of ether oxygens (including phenoxy) is 13. The summed E-state index contributed by atoms with van der Waals surface area (Å²) in [6, 6.07) is 0. The Balaban J connectivity index is 0.878. The number of carbonyl (C=O) groups excluding carboxylic acids is 2. The Bertz CT molecular complexity index is 2190. The number of rotatable bonds is 17. The van der Waals surface area contributed by atoms with Crippen molar-refractivity contribution in [1.29, 1.82) is 0 Å². The van der Waals surface area contributed by atoms with Crippen LogP contribution in [0, 0.1) is 28.6 Å². The molecular formula is C58H92O21. The van der Waals surface area contributed by atoms with Crippen molar-refractivity contribution >= 4 is 11.9 Å². The lowest BCUT2D eigenvalue weighted by Crippen LogP contribution is -2.67. The lowest BCUT2D eigenvalue weighted by Gasteiger charge is -2.63. The molecule has 4 heterocycles. The maximum atomic E-state index is 13.7. The Morgan fingerprint density at radius 2 is 1.28 bits per heavy atom. The maximum Gasteiger partial charge on any atom is 0.333 e. The molecule has 6 N–H and O–H groups in total. The van der Waals surface area contributed by atoms with Gasteiger partial charge in [-0.2, -0.15) is 0 Å². The molecular weight excluding hydrogens is 1030 g/mol. The highest BCUT2D eigenvalue weighted by Gasteiger charge is 2.72. The molecule has 8 rings (SSSR count). The Morgan fingerprint density at radius 3 is 1.89 bits per heavy atom. The Morgan fingerprint density at radius 1 is 0.696 bits per heavy atom. The van der Waals surface area contributed by atoms with Crippen molar-refractivity contribution in [2.45, 2.75) is 262 Å². The van der Waals surface area contributed by atoms with Crippen LogP contribution in [0.15, 0.2) is 34.9 Å². The highest BCUT2D eigenvalue weighted by atomic mass is 16.8. The molecule has 0 amide bonds. The first-order valence-corrected chi connectivity index (χ1v) is 28.7. The summed E-state index contributed by atoms with van der Waals surface area (Å²) in [5, 5.41) is 65.7. The van der Waals surface area contributed by atoms with Gasteiger partial charge in [-0.1, -0.05) is 37.6 Å². The smallest absolute Gasteiger partial charge is 0.333 e. The molecule has 0 bridgehead atoms. The summed E-state index contributed by atoms with van der Waals surface area (Å²) in [7, 11) is 4.56. The third-order valence-electron chi connectivity index (χ3n) is 20.0. The van der Waals surface area contributed by atoms with Gasteiger partial charge in [-0.3, -0.25) is 0 Å². The highest BCUT2D eigenvalue weighted by molar-refractivity contribution is 5.88. The van der Waals surface area contributed by atoms with E-state index in [0.29, 0.717) is 49.7 Å². The van der Waals surface area contributed by atoms with Crippen molar-refractivity contribution in [1.82, 2.24) is 0 Å². The molecule has 27 atom stereocenters. The van der Waals surface area contributed by atoms with Crippen molar-refractivity contribution < 1.29 is 102 Å². The molecule has 7 fully saturated rings. The van der Waals surface area contributed by atoms with E-state index in [1.165, 1.54) is 12.7 Å². The minimum Gasteiger partial charge on any atom is -0.459 e. The van der Waals surface area contributed by atoms with E-state index in [4.69, 9.17) is 61.6 Å². The summed E-state index contributed by atoms with van der Waals surface area (Å²) in [5.74, 6) is -1.11. The number of fused-ring (bicyclic) bond motifs is 5. The number of allylic oxidation sites excluding steroid dienone is 3. The van der Waals surface area contributed by atoms with Crippen LogP contribution in [0.3, 0.4) is 0 Å². The van der Waals surface area contributed by atoms with Crippen LogP contribution in [0.25, 0.3) is 0 Å². The van der Waals surface area contributed by atoms with Gasteiger partial charge in [0.1, 0.15) is 67.1 Å². The number of esters is 2. The van der Waals surface area contributed by atoms with Gasteiger partial charge in [0.2, 0.25) is 0 Å². The first-order chi connectivity index (χ1) is 37.4. The minimum atomic E-state index is -1.67. The SMILES string of the molecule is C/C=C(\C)C(=O)O[C@H](C)[C@H]1CC[C@]2(O)[C@@H]3CC=C4C[C@@H](O[C@H]5C[C@H](OC)[C@H](O[C@H]6C[C@@H](OC)[C@H](O[C@@H]7O[C@H](C)[C@@H](O[C@@H]8O[C@H](CO)[C@@H](O)[C@H](O)[C@H]8O)[C@@H](OC)[C@H]7O)[C@@H](C)O6)[C@@H](C)O5)CC[C@]4(C)[C@H]3C[C@@H](OC(=O)/C(C)=C/C)[C@]12C. The van der Waals surface area contributed by atoms with Gasteiger partial charge in [-0.25, -0.2) is 9.59 Å². The average molecular weight is 1130 g/mol. The summed E-state index contributed by atoms with van der Waals surface area (Å²) in [6.07, 6.45) is -8.06. The van der Waals surface area contributed by atoms with E-state index in [9.17, 15) is 40.2 Å². The minimum absolute atomic E-state index is 0.0192. The monoisotopic (exact) mass is 1120 g/mol. The van der Waals surface area contributed by atoms with Gasteiger partial charge in [-0.05, 0) is 118 Å². The molecule has 21 heteroatoms. The number of hydrogen-bond donors (Lipinski definition) is 6. The third kappa shape index (κ3) is 11.8. The van der Waals surface area contributed by atoms with Crippen LogP contribution in [-0.2, 0) is 71.2 Å². The molecule has 4 saturated heterocycles. The molecule has 3 saturated carbocycles. The van der Waals surface area contributed by atoms with Crippen LogP contribution in [0.2, 0.25) is 0 Å². The van der Waals surface area contributed by atoms with Crippen molar-refractivity contribution in [3.63, 3.8) is 0 Å². The molecule has 4 aliphatic carbocycles. The van der Waals surface area contributed by atoms with Gasteiger partial charge < -0.3 is 92.2 Å². The van der Waals surface area contributed by atoms with Gasteiger partial charge in [-0.15, -0.1) is 0 Å². The Kier molecular flexibility index (Phi) is 20.1. The third-order valence-corrected chi connectivity index (χ3v) is 20.0. The number of carbonyl (C=O) groups is 2. The first-order valence-electron chi connectivity index (χ1n) is 28.7. The van der Waals surface area contributed by atoms with Gasteiger partial charge in [0.25, 0.3) is 0 Å². The summed E-state index contributed by atoms with van der Waals surface area (Å²) in [4.78, 5) is 26.7. The summed E-state index contributed by atoms with van der Waals surface area (Å²) >= 11 is 0. The van der Waals surface area contributed by atoms with Gasteiger partial charge in [0, 0.05) is 56.7 Å². The molecule has 0 aromatic carbocycles. The molecule has 0 aromatic rings. The summed E-state index contributed by atoms with van der Waals surface area (Å²) < 4.78 is 80.8. The van der Waals surface area contributed by atoms with E-state index in [1.54, 1.807) is 54.1 Å².